The molecule has 9 heavy (non-hydrogen) atoms. The molecule has 50 valence electrons. The summed E-state index contributed by atoms with van der Waals surface area (Å²) >= 11 is 0. The molecule has 1 heterocycles. The third-order valence-electron chi connectivity index (χ3n) is 1.03. The fourth-order valence-corrected chi connectivity index (χ4v) is 0.480. The molecule has 1 aliphatic rings. The zero-order valence-electron chi connectivity index (χ0n) is 4.53. The molecule has 1 aliphatic heterocycles. The molecule has 3 nitrogen and oxygen atoms in total. The van der Waals surface area contributed by atoms with Crippen LogP contribution in [-0.4, -0.2) is 28.4 Å². The van der Waals surface area contributed by atoms with Gasteiger partial charge in [-0.15, -0.1) is 0 Å². The average molecular weight is 131 g/mol. The Labute approximate surface area is 51.2 Å². The average Bonchev–Trinajstić information content (AvgIpc) is 1.77. The Morgan fingerprint density at radius 2 is 2.22 bits per heavy atom. The van der Waals surface area contributed by atoms with E-state index in [1.807, 2.05) is 0 Å². The molecule has 0 radical (unpaired) electrons. The molecule has 0 saturated carbocycles. The second kappa shape index (κ2) is 1.89. The van der Waals surface area contributed by atoms with E-state index in [-0.39, 0.29) is 0 Å². The van der Waals surface area contributed by atoms with Crippen molar-refractivity contribution in [3.05, 3.63) is 12.3 Å². The van der Waals surface area contributed by atoms with Gasteiger partial charge in [0.2, 0.25) is 5.79 Å². The van der Waals surface area contributed by atoms with Gasteiger partial charge in [-0.3, -0.25) is 4.99 Å². The molecule has 0 aromatic heterocycles. The van der Waals surface area contributed by atoms with Crippen LogP contribution in [0.4, 0.5) is 4.39 Å². The van der Waals surface area contributed by atoms with Crippen molar-refractivity contribution in [2.75, 3.05) is 0 Å². The lowest BCUT2D eigenvalue weighted by Crippen LogP contribution is -2.39. The molecule has 0 fully saturated rings. The minimum Gasteiger partial charge on any atom is -0.360 e. The van der Waals surface area contributed by atoms with E-state index in [4.69, 9.17) is 10.2 Å². The van der Waals surface area contributed by atoms with Crippen molar-refractivity contribution in [1.29, 1.82) is 0 Å². The quantitative estimate of drug-likeness (QED) is 0.439. The molecule has 0 spiro atoms. The SMILES string of the molecule is OC1(O)C=CN=CC1F. The monoisotopic (exact) mass is 131 g/mol. The van der Waals surface area contributed by atoms with Crippen LogP contribution in [0, 0.1) is 0 Å². The molecular formula is C5H6FNO2. The highest BCUT2D eigenvalue weighted by Crippen LogP contribution is 2.13. The van der Waals surface area contributed by atoms with Crippen LogP contribution in [0.15, 0.2) is 17.3 Å². The van der Waals surface area contributed by atoms with Crippen LogP contribution >= 0.6 is 0 Å². The first-order valence-corrected chi connectivity index (χ1v) is 2.43. The number of halogens is 1. The van der Waals surface area contributed by atoms with Crippen molar-refractivity contribution in [2.24, 2.45) is 4.99 Å². The van der Waals surface area contributed by atoms with Gasteiger partial charge in [0.05, 0.1) is 0 Å². The predicted octanol–water partition coefficient (Wildman–Crippen LogP) is -0.397. The van der Waals surface area contributed by atoms with Crippen LogP contribution in [-0.2, 0) is 0 Å². The van der Waals surface area contributed by atoms with E-state index in [1.54, 1.807) is 0 Å². The topological polar surface area (TPSA) is 52.8 Å². The Kier molecular flexibility index (Phi) is 1.34. The standard InChI is InChI=1S/C5H6FNO2/c6-4-3-7-2-1-5(4,8)9/h1-4,8-9H. The summed E-state index contributed by atoms with van der Waals surface area (Å²) in [4.78, 5) is 3.35. The highest BCUT2D eigenvalue weighted by molar-refractivity contribution is 5.67. The van der Waals surface area contributed by atoms with Gasteiger partial charge in [0.25, 0.3) is 0 Å². The number of nitrogens with zero attached hydrogens (tertiary/aromatic N) is 1. The molecule has 4 heteroatoms. The van der Waals surface area contributed by atoms with Crippen LogP contribution in [0.5, 0.6) is 0 Å². The number of aliphatic imine (C=N–C) groups is 1. The molecule has 0 amide bonds. The third-order valence-corrected chi connectivity index (χ3v) is 1.03. The van der Waals surface area contributed by atoms with Gasteiger partial charge >= 0.3 is 0 Å². The molecule has 0 saturated heterocycles. The van der Waals surface area contributed by atoms with Crippen molar-refractivity contribution in [3.8, 4) is 0 Å². The normalized spacial score (nSPS) is 30.8. The van der Waals surface area contributed by atoms with E-state index < -0.39 is 12.0 Å². The molecule has 0 bridgehead atoms. The Morgan fingerprint density at radius 3 is 2.56 bits per heavy atom. The van der Waals surface area contributed by atoms with Gasteiger partial charge in [0.15, 0.2) is 6.17 Å². The first kappa shape index (κ1) is 6.38. The molecule has 1 rings (SSSR count). The summed E-state index contributed by atoms with van der Waals surface area (Å²) in [5.41, 5.74) is 0. The lowest BCUT2D eigenvalue weighted by atomic mass is 10.1. The Hall–Kier alpha value is -0.740. The smallest absolute Gasteiger partial charge is 0.222 e. The fraction of sp³-hybridized carbons (Fsp3) is 0.400. The van der Waals surface area contributed by atoms with E-state index in [1.165, 1.54) is 0 Å². The summed E-state index contributed by atoms with van der Waals surface area (Å²) in [5.74, 6) is -2.36. The highest BCUT2D eigenvalue weighted by Gasteiger charge is 2.31. The summed E-state index contributed by atoms with van der Waals surface area (Å²) in [7, 11) is 0. The van der Waals surface area contributed by atoms with Gasteiger partial charge in [-0.25, -0.2) is 4.39 Å². The van der Waals surface area contributed by atoms with Crippen LogP contribution in [0.2, 0.25) is 0 Å². The molecule has 1 unspecified atom stereocenters. The lowest BCUT2D eigenvalue weighted by molar-refractivity contribution is -0.147. The number of alkyl halides is 1. The van der Waals surface area contributed by atoms with E-state index in [0.717, 1.165) is 18.5 Å². The van der Waals surface area contributed by atoms with E-state index in [2.05, 4.69) is 4.99 Å². The summed E-state index contributed by atoms with van der Waals surface area (Å²) in [6.45, 7) is 0. The molecule has 0 aromatic rings. The van der Waals surface area contributed by atoms with Gasteiger partial charge in [0, 0.05) is 12.4 Å². The first-order valence-electron chi connectivity index (χ1n) is 2.43. The zero-order chi connectivity index (χ0) is 6.91. The minimum absolute atomic E-state index is 0.833. The van der Waals surface area contributed by atoms with Crippen LogP contribution in [0.25, 0.3) is 0 Å². The summed E-state index contributed by atoms with van der Waals surface area (Å²) in [6.07, 6.45) is 1.04. The Bertz CT molecular complexity index is 164. The van der Waals surface area contributed by atoms with Gasteiger partial charge in [-0.1, -0.05) is 0 Å². The Balaban J connectivity index is 2.78. The van der Waals surface area contributed by atoms with Gasteiger partial charge in [0.1, 0.15) is 0 Å². The molecule has 0 aromatic carbocycles. The maximum absolute atomic E-state index is 12.3. The van der Waals surface area contributed by atoms with Crippen molar-refractivity contribution in [3.63, 3.8) is 0 Å². The van der Waals surface area contributed by atoms with Gasteiger partial charge in [-0.2, -0.15) is 0 Å². The highest BCUT2D eigenvalue weighted by atomic mass is 19.1. The molecule has 2 N–H and O–H groups in total. The fourth-order valence-electron chi connectivity index (χ4n) is 0.480. The minimum atomic E-state index is -2.36. The summed E-state index contributed by atoms with van der Waals surface area (Å²) < 4.78 is 12.3. The summed E-state index contributed by atoms with van der Waals surface area (Å²) in [5, 5.41) is 17.3. The van der Waals surface area contributed by atoms with Crippen LogP contribution < -0.4 is 0 Å². The summed E-state index contributed by atoms with van der Waals surface area (Å²) in [6, 6.07) is 0. The van der Waals surface area contributed by atoms with E-state index in [9.17, 15) is 4.39 Å². The van der Waals surface area contributed by atoms with Gasteiger partial charge < -0.3 is 10.2 Å². The predicted molar refractivity (Wildman–Crippen MR) is 29.7 cm³/mol. The van der Waals surface area contributed by atoms with Crippen molar-refractivity contribution < 1.29 is 14.6 Å². The molecular weight excluding hydrogens is 125 g/mol. The number of rotatable bonds is 0. The van der Waals surface area contributed by atoms with Crippen molar-refractivity contribution in [2.45, 2.75) is 12.0 Å². The zero-order valence-corrected chi connectivity index (χ0v) is 4.53. The van der Waals surface area contributed by atoms with Gasteiger partial charge in [-0.05, 0) is 6.08 Å². The van der Waals surface area contributed by atoms with E-state index >= 15 is 0 Å². The maximum atomic E-state index is 12.3. The lowest BCUT2D eigenvalue weighted by Gasteiger charge is -2.20. The van der Waals surface area contributed by atoms with Crippen LogP contribution in [0.1, 0.15) is 0 Å². The number of hydrogen-bond acceptors (Lipinski definition) is 3. The maximum Gasteiger partial charge on any atom is 0.222 e. The number of hydrogen-bond donors (Lipinski definition) is 2. The third kappa shape index (κ3) is 1.14. The van der Waals surface area contributed by atoms with Crippen LogP contribution in [0.3, 0.4) is 0 Å². The van der Waals surface area contributed by atoms with Crippen molar-refractivity contribution in [1.82, 2.24) is 0 Å². The van der Waals surface area contributed by atoms with E-state index in [0.29, 0.717) is 0 Å². The first-order chi connectivity index (χ1) is 4.13. The molecule has 0 aliphatic carbocycles. The second-order valence-electron chi connectivity index (χ2n) is 1.80. The number of aliphatic hydroxyl groups is 2. The molecule has 1 atom stereocenters. The van der Waals surface area contributed by atoms with Crippen molar-refractivity contribution >= 4 is 6.21 Å². The Morgan fingerprint density at radius 1 is 1.56 bits per heavy atom. The largest absolute Gasteiger partial charge is 0.360 e. The second-order valence-corrected chi connectivity index (χ2v) is 1.80.